The van der Waals surface area contributed by atoms with E-state index in [1.165, 1.54) is 62.6 Å². The SMILES string of the molecule is CCC(C)(C)c1ccc(CCCCCNC2CC2)cc1. The van der Waals surface area contributed by atoms with Gasteiger partial charge >= 0.3 is 0 Å². The fourth-order valence-electron chi connectivity index (χ4n) is 2.55. The summed E-state index contributed by atoms with van der Waals surface area (Å²) >= 11 is 0. The number of unbranched alkanes of at least 4 members (excludes halogenated alkanes) is 2. The summed E-state index contributed by atoms with van der Waals surface area (Å²) in [4.78, 5) is 0. The van der Waals surface area contributed by atoms with Gasteiger partial charge in [-0.1, -0.05) is 51.5 Å². The lowest BCUT2D eigenvalue weighted by molar-refractivity contribution is 0.506. The number of benzene rings is 1. The van der Waals surface area contributed by atoms with E-state index in [2.05, 4.69) is 50.4 Å². The zero-order chi connectivity index (χ0) is 14.4. The number of hydrogen-bond donors (Lipinski definition) is 1. The molecule has 0 radical (unpaired) electrons. The molecule has 2 rings (SSSR count). The molecule has 1 heteroatoms. The van der Waals surface area contributed by atoms with E-state index in [9.17, 15) is 0 Å². The molecule has 0 atom stereocenters. The fourth-order valence-corrected chi connectivity index (χ4v) is 2.55. The van der Waals surface area contributed by atoms with Gasteiger partial charge in [0.25, 0.3) is 0 Å². The lowest BCUT2D eigenvalue weighted by Crippen LogP contribution is -2.17. The van der Waals surface area contributed by atoms with Crippen molar-refractivity contribution in [3.8, 4) is 0 Å². The maximum Gasteiger partial charge on any atom is 0.00682 e. The third-order valence-corrected chi connectivity index (χ3v) is 4.77. The molecule has 1 aromatic rings. The number of aryl methyl sites for hydroxylation is 1. The molecule has 1 aromatic carbocycles. The van der Waals surface area contributed by atoms with Crippen LogP contribution >= 0.6 is 0 Å². The Morgan fingerprint density at radius 3 is 2.35 bits per heavy atom. The molecule has 0 aliphatic heterocycles. The van der Waals surface area contributed by atoms with Crippen LogP contribution in [-0.4, -0.2) is 12.6 Å². The minimum atomic E-state index is 0.313. The molecule has 1 N–H and O–H groups in total. The van der Waals surface area contributed by atoms with Crippen LogP contribution in [0.1, 0.15) is 70.4 Å². The van der Waals surface area contributed by atoms with Crippen molar-refractivity contribution in [1.82, 2.24) is 5.32 Å². The molecule has 112 valence electrons. The van der Waals surface area contributed by atoms with Gasteiger partial charge in [0.05, 0.1) is 0 Å². The summed E-state index contributed by atoms with van der Waals surface area (Å²) in [6, 6.07) is 10.2. The van der Waals surface area contributed by atoms with Crippen LogP contribution < -0.4 is 5.32 Å². The van der Waals surface area contributed by atoms with Gasteiger partial charge in [-0.15, -0.1) is 0 Å². The first-order valence-corrected chi connectivity index (χ1v) is 8.44. The van der Waals surface area contributed by atoms with Gasteiger partial charge in [-0.05, 0) is 61.6 Å². The predicted molar refractivity (Wildman–Crippen MR) is 88.3 cm³/mol. The molecule has 1 saturated carbocycles. The number of hydrogen-bond acceptors (Lipinski definition) is 1. The van der Waals surface area contributed by atoms with Crippen molar-refractivity contribution in [3.63, 3.8) is 0 Å². The first-order valence-electron chi connectivity index (χ1n) is 8.44. The van der Waals surface area contributed by atoms with Crippen molar-refractivity contribution in [3.05, 3.63) is 35.4 Å². The fraction of sp³-hybridized carbons (Fsp3) is 0.684. The second-order valence-corrected chi connectivity index (χ2v) is 6.97. The third kappa shape index (κ3) is 4.94. The Bertz CT molecular complexity index is 387. The zero-order valence-corrected chi connectivity index (χ0v) is 13.5. The zero-order valence-electron chi connectivity index (χ0n) is 13.5. The summed E-state index contributed by atoms with van der Waals surface area (Å²) in [5.41, 5.74) is 3.28. The Morgan fingerprint density at radius 2 is 1.75 bits per heavy atom. The highest BCUT2D eigenvalue weighted by Crippen LogP contribution is 2.26. The average Bonchev–Trinajstić information content (AvgIpc) is 3.27. The van der Waals surface area contributed by atoms with Gasteiger partial charge in [-0.3, -0.25) is 0 Å². The lowest BCUT2D eigenvalue weighted by atomic mass is 9.82. The Hall–Kier alpha value is -0.820. The van der Waals surface area contributed by atoms with Crippen molar-refractivity contribution in [1.29, 1.82) is 0 Å². The molecule has 20 heavy (non-hydrogen) atoms. The highest BCUT2D eigenvalue weighted by molar-refractivity contribution is 5.28. The minimum Gasteiger partial charge on any atom is -0.314 e. The van der Waals surface area contributed by atoms with E-state index >= 15 is 0 Å². The van der Waals surface area contributed by atoms with E-state index in [0.717, 1.165) is 6.04 Å². The third-order valence-electron chi connectivity index (χ3n) is 4.77. The monoisotopic (exact) mass is 273 g/mol. The molecular formula is C19H31N. The van der Waals surface area contributed by atoms with Crippen molar-refractivity contribution >= 4 is 0 Å². The van der Waals surface area contributed by atoms with Crippen LogP contribution in [0, 0.1) is 0 Å². The van der Waals surface area contributed by atoms with Crippen molar-refractivity contribution in [2.24, 2.45) is 0 Å². The molecule has 0 heterocycles. The van der Waals surface area contributed by atoms with E-state index in [1.54, 1.807) is 0 Å². The van der Waals surface area contributed by atoms with Crippen LogP contribution in [0.25, 0.3) is 0 Å². The van der Waals surface area contributed by atoms with E-state index < -0.39 is 0 Å². The second-order valence-electron chi connectivity index (χ2n) is 6.97. The van der Waals surface area contributed by atoms with Gasteiger partial charge in [-0.2, -0.15) is 0 Å². The highest BCUT2D eigenvalue weighted by Gasteiger charge is 2.19. The first kappa shape index (κ1) is 15.6. The van der Waals surface area contributed by atoms with Crippen molar-refractivity contribution in [2.45, 2.75) is 77.2 Å². The number of rotatable bonds is 9. The molecular weight excluding hydrogens is 242 g/mol. The summed E-state index contributed by atoms with van der Waals surface area (Å²) < 4.78 is 0. The van der Waals surface area contributed by atoms with Gasteiger partial charge in [0.15, 0.2) is 0 Å². The maximum atomic E-state index is 3.59. The molecule has 1 fully saturated rings. The average molecular weight is 273 g/mol. The van der Waals surface area contributed by atoms with Crippen molar-refractivity contribution in [2.75, 3.05) is 6.54 Å². The maximum absolute atomic E-state index is 3.59. The van der Waals surface area contributed by atoms with Crippen LogP contribution in [0.2, 0.25) is 0 Å². The summed E-state index contributed by atoms with van der Waals surface area (Å²) in [6.07, 6.45) is 9.24. The lowest BCUT2D eigenvalue weighted by Gasteiger charge is -2.23. The van der Waals surface area contributed by atoms with Gasteiger partial charge in [0.2, 0.25) is 0 Å². The van der Waals surface area contributed by atoms with Gasteiger partial charge in [0.1, 0.15) is 0 Å². The Kier molecular flexibility index (Phi) is 5.65. The number of nitrogens with one attached hydrogen (secondary N) is 1. The van der Waals surface area contributed by atoms with Crippen LogP contribution in [0.15, 0.2) is 24.3 Å². The van der Waals surface area contributed by atoms with E-state index in [1.807, 2.05) is 0 Å². The minimum absolute atomic E-state index is 0.313. The van der Waals surface area contributed by atoms with Gasteiger partial charge in [0, 0.05) is 6.04 Å². The molecule has 0 aromatic heterocycles. The molecule has 0 unspecified atom stereocenters. The summed E-state index contributed by atoms with van der Waals surface area (Å²) in [7, 11) is 0. The van der Waals surface area contributed by atoms with Gasteiger partial charge < -0.3 is 5.32 Å². The van der Waals surface area contributed by atoms with Crippen LogP contribution in [0.4, 0.5) is 0 Å². The van der Waals surface area contributed by atoms with Crippen molar-refractivity contribution < 1.29 is 0 Å². The van der Waals surface area contributed by atoms with Gasteiger partial charge in [-0.25, -0.2) is 0 Å². The summed E-state index contributed by atoms with van der Waals surface area (Å²) in [6.45, 7) is 8.14. The highest BCUT2D eigenvalue weighted by atomic mass is 14.9. The normalized spacial score (nSPS) is 15.6. The Balaban J connectivity index is 1.65. The Morgan fingerprint density at radius 1 is 1.05 bits per heavy atom. The smallest absolute Gasteiger partial charge is 0.00682 e. The Labute approximate surface area is 125 Å². The van der Waals surface area contributed by atoms with Crippen LogP contribution in [0.3, 0.4) is 0 Å². The molecule has 1 aliphatic carbocycles. The predicted octanol–water partition coefficient (Wildman–Crippen LogP) is 4.84. The van der Waals surface area contributed by atoms with E-state index in [-0.39, 0.29) is 0 Å². The van der Waals surface area contributed by atoms with E-state index in [0.29, 0.717) is 5.41 Å². The molecule has 0 spiro atoms. The first-order chi connectivity index (χ1) is 9.62. The molecule has 0 bridgehead atoms. The largest absolute Gasteiger partial charge is 0.314 e. The molecule has 0 amide bonds. The second kappa shape index (κ2) is 7.26. The molecule has 1 nitrogen and oxygen atoms in total. The topological polar surface area (TPSA) is 12.0 Å². The van der Waals surface area contributed by atoms with Crippen LogP contribution in [0.5, 0.6) is 0 Å². The summed E-state index contributed by atoms with van der Waals surface area (Å²) in [5, 5.41) is 3.59. The van der Waals surface area contributed by atoms with E-state index in [4.69, 9.17) is 0 Å². The molecule has 1 aliphatic rings. The molecule has 0 saturated heterocycles. The quantitative estimate of drug-likeness (QED) is 0.635. The standard InChI is InChI=1S/C19H31N/c1-4-19(2,3)17-11-9-16(10-12-17)8-6-5-7-15-20-18-13-14-18/h9-12,18,20H,4-8,13-15H2,1-3H3. The summed E-state index contributed by atoms with van der Waals surface area (Å²) in [5.74, 6) is 0. The van der Waals surface area contributed by atoms with Crippen LogP contribution in [-0.2, 0) is 11.8 Å².